The molecule has 9 heteroatoms. The van der Waals surface area contributed by atoms with E-state index in [1.165, 1.54) is 20.1 Å². The van der Waals surface area contributed by atoms with Gasteiger partial charge in [-0.05, 0) is 73.4 Å². The summed E-state index contributed by atoms with van der Waals surface area (Å²) < 4.78 is 69.0. The van der Waals surface area contributed by atoms with E-state index >= 15 is 0 Å². The van der Waals surface area contributed by atoms with E-state index in [4.69, 9.17) is 4.74 Å². The van der Waals surface area contributed by atoms with Gasteiger partial charge in [-0.25, -0.2) is 4.79 Å². The van der Waals surface area contributed by atoms with Crippen molar-refractivity contribution in [3.8, 4) is 5.75 Å². The SMILES string of the molecule is CCC(CCc1ccc(OS(=O)(=O)C(F)(F)F)c(C)c1)c1ccc(C(=O)OC)c(C)c1. The quantitative estimate of drug-likeness (QED) is 0.299. The maximum atomic E-state index is 12.5. The highest BCUT2D eigenvalue weighted by Gasteiger charge is 2.48. The molecule has 31 heavy (non-hydrogen) atoms. The zero-order valence-corrected chi connectivity index (χ0v) is 18.6. The zero-order valence-electron chi connectivity index (χ0n) is 17.7. The van der Waals surface area contributed by atoms with Crippen molar-refractivity contribution in [2.75, 3.05) is 7.11 Å². The summed E-state index contributed by atoms with van der Waals surface area (Å²) in [5.41, 5.74) is -1.89. The lowest BCUT2D eigenvalue weighted by atomic mass is 9.88. The normalized spacial score (nSPS) is 13.0. The maximum Gasteiger partial charge on any atom is 0.534 e. The summed E-state index contributed by atoms with van der Waals surface area (Å²) >= 11 is 0. The molecule has 2 rings (SSSR count). The standard InChI is InChI=1S/C22H25F3O5S/c1-5-17(18-9-10-19(14(2)13-18)21(26)29-4)8-6-16-7-11-20(15(3)12-16)30-31(27,28)22(23,24)25/h7,9-13,17H,5-6,8H2,1-4H3. The van der Waals surface area contributed by atoms with Crippen LogP contribution in [0.4, 0.5) is 13.2 Å². The van der Waals surface area contributed by atoms with E-state index in [0.717, 1.165) is 29.5 Å². The lowest BCUT2D eigenvalue weighted by Gasteiger charge is -2.18. The van der Waals surface area contributed by atoms with E-state index in [9.17, 15) is 26.4 Å². The molecule has 0 saturated heterocycles. The molecule has 2 aromatic rings. The summed E-state index contributed by atoms with van der Waals surface area (Å²) in [6.45, 7) is 5.40. The Balaban J connectivity index is 2.12. The van der Waals surface area contributed by atoms with Crippen LogP contribution in [-0.2, 0) is 21.3 Å². The molecule has 0 spiro atoms. The Morgan fingerprint density at radius 1 is 1.06 bits per heavy atom. The number of carbonyl (C=O) groups excluding carboxylic acids is 1. The van der Waals surface area contributed by atoms with Crippen LogP contribution in [0.5, 0.6) is 5.75 Å². The Bertz CT molecular complexity index is 1050. The summed E-state index contributed by atoms with van der Waals surface area (Å²) in [5.74, 6) is -0.517. The molecule has 5 nitrogen and oxygen atoms in total. The minimum absolute atomic E-state index is 0.215. The average molecular weight is 458 g/mol. The lowest BCUT2D eigenvalue weighted by molar-refractivity contribution is -0.0500. The maximum absolute atomic E-state index is 12.5. The summed E-state index contributed by atoms with van der Waals surface area (Å²) in [6, 6.07) is 10.0. The first-order chi connectivity index (χ1) is 14.4. The van der Waals surface area contributed by atoms with Gasteiger partial charge in [0.2, 0.25) is 0 Å². The van der Waals surface area contributed by atoms with Gasteiger partial charge in [0.15, 0.2) is 0 Å². The molecule has 2 aromatic carbocycles. The molecular formula is C22H25F3O5S. The number of carbonyl (C=O) groups is 1. The molecule has 0 N–H and O–H groups in total. The molecule has 170 valence electrons. The Morgan fingerprint density at radius 3 is 2.26 bits per heavy atom. The van der Waals surface area contributed by atoms with Crippen LogP contribution in [-0.4, -0.2) is 27.0 Å². The fourth-order valence-corrected chi connectivity index (χ4v) is 3.87. The van der Waals surface area contributed by atoms with Crippen molar-refractivity contribution in [2.24, 2.45) is 0 Å². The highest BCUT2D eigenvalue weighted by Crippen LogP contribution is 2.31. The molecule has 1 unspecified atom stereocenters. The minimum Gasteiger partial charge on any atom is -0.465 e. The third-order valence-electron chi connectivity index (χ3n) is 5.12. The van der Waals surface area contributed by atoms with Gasteiger partial charge in [0.1, 0.15) is 5.75 Å². The molecule has 0 fully saturated rings. The van der Waals surface area contributed by atoms with Gasteiger partial charge >= 0.3 is 21.6 Å². The number of halogens is 3. The first-order valence-electron chi connectivity index (χ1n) is 9.68. The largest absolute Gasteiger partial charge is 0.534 e. The summed E-state index contributed by atoms with van der Waals surface area (Å²) in [5, 5.41) is 0. The highest BCUT2D eigenvalue weighted by atomic mass is 32.2. The van der Waals surface area contributed by atoms with Crippen molar-refractivity contribution in [2.45, 2.75) is 51.5 Å². The molecule has 0 aliphatic rings. The van der Waals surface area contributed by atoms with Gasteiger partial charge in [0, 0.05) is 0 Å². The third kappa shape index (κ3) is 6.00. The molecule has 0 radical (unpaired) electrons. The number of ether oxygens (including phenoxy) is 1. The second-order valence-corrected chi connectivity index (χ2v) is 8.83. The molecule has 0 bridgehead atoms. The Hall–Kier alpha value is -2.55. The highest BCUT2D eigenvalue weighted by molar-refractivity contribution is 7.88. The Kier molecular flexibility index (Phi) is 7.75. The zero-order chi connectivity index (χ0) is 23.4. The second kappa shape index (κ2) is 9.72. The molecule has 0 aliphatic heterocycles. The first-order valence-corrected chi connectivity index (χ1v) is 11.1. The Labute approximate surface area is 180 Å². The van der Waals surface area contributed by atoms with E-state index in [-0.39, 0.29) is 17.6 Å². The van der Waals surface area contributed by atoms with Crippen molar-refractivity contribution in [1.82, 2.24) is 0 Å². The van der Waals surface area contributed by atoms with Crippen molar-refractivity contribution in [3.05, 3.63) is 64.2 Å². The number of hydrogen-bond donors (Lipinski definition) is 0. The van der Waals surface area contributed by atoms with E-state index < -0.39 is 15.6 Å². The molecule has 0 aliphatic carbocycles. The number of esters is 1. The molecule has 0 aromatic heterocycles. The van der Waals surface area contributed by atoms with E-state index in [0.29, 0.717) is 17.5 Å². The fraction of sp³-hybridized carbons (Fsp3) is 0.409. The molecule has 1 atom stereocenters. The molecule has 0 amide bonds. The predicted octanol–water partition coefficient (Wildman–Crippen LogP) is 5.44. The van der Waals surface area contributed by atoms with Crippen molar-refractivity contribution in [3.63, 3.8) is 0 Å². The van der Waals surface area contributed by atoms with Crippen molar-refractivity contribution < 1.29 is 35.3 Å². The molecule has 0 heterocycles. The van der Waals surface area contributed by atoms with Crippen molar-refractivity contribution in [1.29, 1.82) is 0 Å². The number of rotatable bonds is 8. The summed E-state index contributed by atoms with van der Waals surface area (Å²) in [7, 11) is -4.37. The molecular weight excluding hydrogens is 433 g/mol. The second-order valence-electron chi connectivity index (χ2n) is 7.29. The number of benzene rings is 2. The molecule has 0 saturated carbocycles. The average Bonchev–Trinajstić information content (AvgIpc) is 2.69. The number of aryl methyl sites for hydroxylation is 3. The van der Waals surface area contributed by atoms with Crippen LogP contribution >= 0.6 is 0 Å². The van der Waals surface area contributed by atoms with Crippen LogP contribution in [0.15, 0.2) is 36.4 Å². The fourth-order valence-electron chi connectivity index (χ4n) is 3.35. The summed E-state index contributed by atoms with van der Waals surface area (Å²) in [4.78, 5) is 11.8. The first kappa shape index (κ1) is 24.7. The van der Waals surface area contributed by atoms with Crippen LogP contribution in [0.3, 0.4) is 0 Å². The van der Waals surface area contributed by atoms with E-state index in [1.807, 2.05) is 19.1 Å². The van der Waals surface area contributed by atoms with E-state index in [2.05, 4.69) is 11.1 Å². The van der Waals surface area contributed by atoms with Crippen LogP contribution < -0.4 is 4.18 Å². The van der Waals surface area contributed by atoms with Gasteiger partial charge < -0.3 is 8.92 Å². The van der Waals surface area contributed by atoms with Gasteiger partial charge in [-0.1, -0.05) is 31.2 Å². The minimum atomic E-state index is -5.70. The smallest absolute Gasteiger partial charge is 0.465 e. The topological polar surface area (TPSA) is 69.7 Å². The van der Waals surface area contributed by atoms with Crippen molar-refractivity contribution >= 4 is 16.1 Å². The number of methoxy groups -OCH3 is 1. The number of hydrogen-bond acceptors (Lipinski definition) is 5. The van der Waals surface area contributed by atoms with Gasteiger partial charge in [-0.2, -0.15) is 21.6 Å². The van der Waals surface area contributed by atoms with Crippen LogP contribution in [0.25, 0.3) is 0 Å². The monoisotopic (exact) mass is 458 g/mol. The number of alkyl halides is 3. The van der Waals surface area contributed by atoms with Crippen LogP contribution in [0, 0.1) is 13.8 Å². The van der Waals surface area contributed by atoms with Gasteiger partial charge in [0.25, 0.3) is 0 Å². The van der Waals surface area contributed by atoms with E-state index in [1.54, 1.807) is 18.2 Å². The van der Waals surface area contributed by atoms with Gasteiger partial charge in [-0.3, -0.25) is 0 Å². The van der Waals surface area contributed by atoms with Gasteiger partial charge in [-0.15, -0.1) is 0 Å². The lowest BCUT2D eigenvalue weighted by Crippen LogP contribution is -2.28. The van der Waals surface area contributed by atoms with Crippen LogP contribution in [0.2, 0.25) is 0 Å². The van der Waals surface area contributed by atoms with Gasteiger partial charge in [0.05, 0.1) is 12.7 Å². The predicted molar refractivity (Wildman–Crippen MR) is 111 cm³/mol. The Morgan fingerprint density at radius 2 is 1.74 bits per heavy atom. The third-order valence-corrected chi connectivity index (χ3v) is 6.09. The summed E-state index contributed by atoms with van der Waals surface area (Å²) in [6.07, 6.45) is 2.28. The van der Waals surface area contributed by atoms with Crippen LogP contribution in [0.1, 0.15) is 58.3 Å².